The minimum atomic E-state index is 0.293. The van der Waals surface area contributed by atoms with E-state index in [1.165, 1.54) is 22.4 Å². The lowest BCUT2D eigenvalue weighted by Gasteiger charge is -2.31. The van der Waals surface area contributed by atoms with Gasteiger partial charge in [0.1, 0.15) is 0 Å². The molecule has 3 heteroatoms. The van der Waals surface area contributed by atoms with Gasteiger partial charge in [0.05, 0.1) is 16.8 Å². The second kappa shape index (κ2) is 6.72. The molecule has 1 heterocycles. The first-order chi connectivity index (χ1) is 10.7. The first kappa shape index (κ1) is 15.4. The number of fused-ring (bicyclic) bond motifs is 1. The van der Waals surface area contributed by atoms with Gasteiger partial charge in [-0.05, 0) is 55.6 Å². The summed E-state index contributed by atoms with van der Waals surface area (Å²) in [6.45, 7) is 4.31. The molecule has 0 saturated heterocycles. The van der Waals surface area contributed by atoms with E-state index < -0.39 is 0 Å². The molecule has 0 saturated carbocycles. The Morgan fingerprint density at radius 2 is 1.77 bits per heavy atom. The van der Waals surface area contributed by atoms with Crippen LogP contribution >= 0.6 is 11.6 Å². The van der Waals surface area contributed by atoms with Gasteiger partial charge in [0.25, 0.3) is 0 Å². The maximum Gasteiger partial charge on any atom is 0.0642 e. The fourth-order valence-electron chi connectivity index (χ4n) is 3.25. The molecule has 1 N–H and O–H groups in total. The maximum atomic E-state index is 6.58. The highest BCUT2D eigenvalue weighted by atomic mass is 35.5. The van der Waals surface area contributed by atoms with E-state index in [9.17, 15) is 0 Å². The summed E-state index contributed by atoms with van der Waals surface area (Å²) in [7, 11) is 2.15. The van der Waals surface area contributed by atoms with Crippen LogP contribution in [-0.4, -0.2) is 20.1 Å². The minimum Gasteiger partial charge on any atom is -0.366 e. The topological polar surface area (TPSA) is 15.3 Å². The summed E-state index contributed by atoms with van der Waals surface area (Å²) in [6.07, 6.45) is 2.12. The van der Waals surface area contributed by atoms with Gasteiger partial charge < -0.3 is 10.2 Å². The molecule has 0 amide bonds. The highest BCUT2D eigenvalue weighted by Gasteiger charge is 2.21. The van der Waals surface area contributed by atoms with Crippen LogP contribution in [0.2, 0.25) is 5.02 Å². The molecule has 1 unspecified atom stereocenters. The molecular weight excluding hydrogens is 292 g/mol. The van der Waals surface area contributed by atoms with Gasteiger partial charge in [-0.1, -0.05) is 48.0 Å². The number of hydrogen-bond acceptors (Lipinski definition) is 2. The number of hydrogen-bond donors (Lipinski definition) is 1. The highest BCUT2D eigenvalue weighted by molar-refractivity contribution is 6.33. The number of halogens is 1. The van der Waals surface area contributed by atoms with Gasteiger partial charge in [0.2, 0.25) is 0 Å². The van der Waals surface area contributed by atoms with Crippen molar-refractivity contribution in [1.29, 1.82) is 0 Å². The van der Waals surface area contributed by atoms with E-state index in [4.69, 9.17) is 11.6 Å². The molecule has 2 aromatic rings. The Kier molecular flexibility index (Phi) is 4.70. The molecular formula is C19H23ClN2. The molecule has 1 aliphatic rings. The molecule has 0 radical (unpaired) electrons. The quantitative estimate of drug-likeness (QED) is 0.912. The Bertz CT molecular complexity index is 639. The molecule has 0 spiro atoms. The molecule has 2 aromatic carbocycles. The van der Waals surface area contributed by atoms with Gasteiger partial charge in [-0.2, -0.15) is 0 Å². The van der Waals surface area contributed by atoms with Crippen LogP contribution in [0, 0.1) is 0 Å². The lowest BCUT2D eigenvalue weighted by molar-refractivity contribution is 0.706. The third-order valence-corrected chi connectivity index (χ3v) is 4.97. The van der Waals surface area contributed by atoms with Crippen molar-refractivity contribution in [2.24, 2.45) is 0 Å². The van der Waals surface area contributed by atoms with Gasteiger partial charge in [0, 0.05) is 7.05 Å². The smallest absolute Gasteiger partial charge is 0.0642 e. The van der Waals surface area contributed by atoms with Crippen LogP contribution in [0.5, 0.6) is 0 Å². The molecule has 3 rings (SSSR count). The zero-order valence-corrected chi connectivity index (χ0v) is 14.0. The molecule has 1 atom stereocenters. The highest BCUT2D eigenvalue weighted by Crippen LogP contribution is 2.37. The normalized spacial score (nSPS) is 15.8. The van der Waals surface area contributed by atoms with Crippen LogP contribution < -0.4 is 10.2 Å². The number of benzene rings is 2. The summed E-state index contributed by atoms with van der Waals surface area (Å²) in [4.78, 5) is 2.32. The molecule has 116 valence electrons. The predicted molar refractivity (Wildman–Crippen MR) is 95.0 cm³/mol. The summed E-state index contributed by atoms with van der Waals surface area (Å²) in [5, 5.41) is 4.33. The van der Waals surface area contributed by atoms with Crippen LogP contribution in [0.3, 0.4) is 0 Å². The second-order valence-electron chi connectivity index (χ2n) is 5.98. The van der Waals surface area contributed by atoms with E-state index in [0.29, 0.717) is 6.04 Å². The Morgan fingerprint density at radius 3 is 2.55 bits per heavy atom. The van der Waals surface area contributed by atoms with Crippen molar-refractivity contribution in [1.82, 2.24) is 5.32 Å². The SMILES string of the molecule is CC(c1ccccc1)N(C)c1c(Cl)ccc2c1CCNCC2. The van der Waals surface area contributed by atoms with Gasteiger partial charge in [0.15, 0.2) is 0 Å². The van der Waals surface area contributed by atoms with Crippen LogP contribution in [-0.2, 0) is 12.8 Å². The van der Waals surface area contributed by atoms with E-state index in [1.54, 1.807) is 0 Å². The Hall–Kier alpha value is -1.51. The van der Waals surface area contributed by atoms with Gasteiger partial charge >= 0.3 is 0 Å². The summed E-state index contributed by atoms with van der Waals surface area (Å²) in [5.74, 6) is 0. The summed E-state index contributed by atoms with van der Waals surface area (Å²) >= 11 is 6.58. The molecule has 0 aromatic heterocycles. The average molecular weight is 315 g/mol. The minimum absolute atomic E-state index is 0.293. The standard InChI is InChI=1S/C19H23ClN2/c1-14(15-6-4-3-5-7-15)22(2)19-17-11-13-21-12-10-16(17)8-9-18(19)20/h3-9,14,21H,10-13H2,1-2H3. The molecule has 22 heavy (non-hydrogen) atoms. The van der Waals surface area contributed by atoms with Crippen LogP contribution in [0.4, 0.5) is 5.69 Å². The maximum absolute atomic E-state index is 6.58. The summed E-state index contributed by atoms with van der Waals surface area (Å²) in [5.41, 5.74) is 5.34. The van der Waals surface area contributed by atoms with Crippen molar-refractivity contribution in [3.8, 4) is 0 Å². The first-order valence-electron chi connectivity index (χ1n) is 7.97. The van der Waals surface area contributed by atoms with Crippen molar-refractivity contribution < 1.29 is 0 Å². The Balaban J connectivity index is 2.00. The largest absolute Gasteiger partial charge is 0.366 e. The Morgan fingerprint density at radius 1 is 1.05 bits per heavy atom. The molecule has 2 nitrogen and oxygen atoms in total. The zero-order chi connectivity index (χ0) is 15.5. The van der Waals surface area contributed by atoms with Gasteiger partial charge in [-0.15, -0.1) is 0 Å². The molecule has 0 fully saturated rings. The molecule has 1 aliphatic heterocycles. The van der Waals surface area contributed by atoms with E-state index in [0.717, 1.165) is 31.0 Å². The zero-order valence-electron chi connectivity index (χ0n) is 13.3. The lowest BCUT2D eigenvalue weighted by atomic mass is 9.98. The van der Waals surface area contributed by atoms with E-state index in [2.05, 4.69) is 66.7 Å². The van der Waals surface area contributed by atoms with Crippen molar-refractivity contribution >= 4 is 17.3 Å². The van der Waals surface area contributed by atoms with Crippen molar-refractivity contribution in [3.05, 3.63) is 64.2 Å². The number of nitrogens with one attached hydrogen (secondary N) is 1. The molecule has 0 bridgehead atoms. The van der Waals surface area contributed by atoms with Crippen molar-refractivity contribution in [2.45, 2.75) is 25.8 Å². The Labute approximate surface area is 138 Å². The summed E-state index contributed by atoms with van der Waals surface area (Å²) in [6, 6.07) is 15.1. The van der Waals surface area contributed by atoms with Crippen molar-refractivity contribution in [3.63, 3.8) is 0 Å². The predicted octanol–water partition coefficient (Wildman–Crippen LogP) is 4.23. The fraction of sp³-hybridized carbons (Fsp3) is 0.368. The molecule has 0 aliphatic carbocycles. The van der Waals surface area contributed by atoms with E-state index in [1.807, 2.05) is 0 Å². The van der Waals surface area contributed by atoms with E-state index >= 15 is 0 Å². The monoisotopic (exact) mass is 314 g/mol. The van der Waals surface area contributed by atoms with Crippen molar-refractivity contribution in [2.75, 3.05) is 25.0 Å². The second-order valence-corrected chi connectivity index (χ2v) is 6.39. The van der Waals surface area contributed by atoms with Gasteiger partial charge in [-0.3, -0.25) is 0 Å². The van der Waals surface area contributed by atoms with Gasteiger partial charge in [-0.25, -0.2) is 0 Å². The third-order valence-electron chi connectivity index (χ3n) is 4.67. The first-order valence-corrected chi connectivity index (χ1v) is 8.35. The number of nitrogens with zero attached hydrogens (tertiary/aromatic N) is 1. The van der Waals surface area contributed by atoms with Crippen LogP contribution in [0.25, 0.3) is 0 Å². The average Bonchev–Trinajstić information content (AvgIpc) is 2.79. The fourth-order valence-corrected chi connectivity index (χ4v) is 3.56. The third kappa shape index (κ3) is 2.99. The lowest BCUT2D eigenvalue weighted by Crippen LogP contribution is -2.24. The van der Waals surface area contributed by atoms with Crippen LogP contribution in [0.1, 0.15) is 29.7 Å². The summed E-state index contributed by atoms with van der Waals surface area (Å²) < 4.78 is 0. The number of anilines is 1. The number of rotatable bonds is 3. The van der Waals surface area contributed by atoms with Crippen LogP contribution in [0.15, 0.2) is 42.5 Å². The van der Waals surface area contributed by atoms with E-state index in [-0.39, 0.29) is 0 Å².